The number of hydrogen-bond donors (Lipinski definition) is 0. The average Bonchev–Trinajstić information content (AvgIpc) is 2.86. The number of para-hydroxylation sites is 1. The van der Waals surface area contributed by atoms with Crippen molar-refractivity contribution in [3.63, 3.8) is 0 Å². The smallest absolute Gasteiger partial charge is 0.0706 e. The highest BCUT2D eigenvalue weighted by atomic mass is 14.9. The van der Waals surface area contributed by atoms with Gasteiger partial charge in [0.25, 0.3) is 0 Å². The molecule has 1 aliphatic heterocycles. The van der Waals surface area contributed by atoms with E-state index in [0.29, 0.717) is 0 Å². The van der Waals surface area contributed by atoms with Crippen LogP contribution in [0.2, 0.25) is 0 Å². The van der Waals surface area contributed by atoms with Crippen LogP contribution in [0.15, 0.2) is 30.0 Å². The summed E-state index contributed by atoms with van der Waals surface area (Å²) >= 11 is 0. The Morgan fingerprint density at radius 1 is 1.07 bits per heavy atom. The molecule has 2 aliphatic rings. The molecule has 1 aromatic rings. The van der Waals surface area contributed by atoms with Gasteiger partial charge in [-0.05, 0) is 25.0 Å². The summed E-state index contributed by atoms with van der Waals surface area (Å²) in [6, 6.07) is 8.41. The molecular weight excluding hydrogens is 170 g/mol. The van der Waals surface area contributed by atoms with Crippen molar-refractivity contribution in [2.75, 3.05) is 0 Å². The summed E-state index contributed by atoms with van der Waals surface area (Å²) in [6.07, 6.45) is 7.71. The van der Waals surface area contributed by atoms with E-state index < -0.39 is 0 Å². The fourth-order valence-corrected chi connectivity index (χ4v) is 2.47. The third-order valence-corrected chi connectivity index (χ3v) is 3.26. The second-order valence-electron chi connectivity index (χ2n) is 4.22. The van der Waals surface area contributed by atoms with E-state index in [1.807, 2.05) is 0 Å². The lowest BCUT2D eigenvalue weighted by molar-refractivity contribution is 0.617. The maximum Gasteiger partial charge on any atom is 0.0706 e. The van der Waals surface area contributed by atoms with Gasteiger partial charge in [-0.3, -0.25) is 5.32 Å². The second-order valence-corrected chi connectivity index (χ2v) is 4.22. The number of nitrogens with zero attached hydrogens (tertiary/aromatic N) is 1. The van der Waals surface area contributed by atoms with Crippen LogP contribution in [0.1, 0.15) is 31.2 Å². The Kier molecular flexibility index (Phi) is 1.83. The Hall–Kier alpha value is -1.24. The zero-order valence-electron chi connectivity index (χ0n) is 8.24. The summed E-state index contributed by atoms with van der Waals surface area (Å²) in [4.78, 5) is 0. The molecule has 1 saturated carbocycles. The standard InChI is InChI=1S/C13H14N/c1-2-6-10(5-1)13-9-11-7-3-4-8-12(11)14-13/h3-4,7-10H,1-2,5-6H2. The molecule has 1 aromatic carbocycles. The molecular formula is C13H14N. The molecule has 0 bridgehead atoms. The summed E-state index contributed by atoms with van der Waals surface area (Å²) in [5.74, 6) is 0.738. The van der Waals surface area contributed by atoms with Gasteiger partial charge in [0.15, 0.2) is 0 Å². The minimum atomic E-state index is 0.738. The third kappa shape index (κ3) is 1.24. The van der Waals surface area contributed by atoms with Crippen molar-refractivity contribution in [1.82, 2.24) is 5.32 Å². The number of rotatable bonds is 1. The minimum Gasteiger partial charge on any atom is -0.253 e. The number of allylic oxidation sites excluding steroid dienone is 1. The summed E-state index contributed by atoms with van der Waals surface area (Å²) in [6.45, 7) is 0. The number of benzene rings is 1. The first kappa shape index (κ1) is 8.10. The molecule has 1 radical (unpaired) electrons. The van der Waals surface area contributed by atoms with Crippen LogP contribution in [0.4, 0.5) is 5.69 Å². The summed E-state index contributed by atoms with van der Waals surface area (Å²) in [5.41, 5.74) is 3.78. The Morgan fingerprint density at radius 3 is 2.64 bits per heavy atom. The van der Waals surface area contributed by atoms with Gasteiger partial charge in [0.1, 0.15) is 0 Å². The SMILES string of the molecule is C1=C(C2CCCC2)[N]c2ccccc21. The highest BCUT2D eigenvalue weighted by Gasteiger charge is 2.24. The maximum absolute atomic E-state index is 4.69. The van der Waals surface area contributed by atoms with Crippen LogP contribution in [-0.2, 0) is 0 Å². The fraction of sp³-hybridized carbons (Fsp3) is 0.385. The zero-order chi connectivity index (χ0) is 9.38. The van der Waals surface area contributed by atoms with Crippen LogP contribution in [0, 0.1) is 5.92 Å². The summed E-state index contributed by atoms with van der Waals surface area (Å²) in [5, 5.41) is 4.69. The van der Waals surface area contributed by atoms with Gasteiger partial charge in [-0.2, -0.15) is 0 Å². The molecule has 1 heteroatoms. The van der Waals surface area contributed by atoms with Gasteiger partial charge in [-0.1, -0.05) is 31.0 Å². The van der Waals surface area contributed by atoms with Crippen molar-refractivity contribution >= 4 is 11.8 Å². The molecule has 14 heavy (non-hydrogen) atoms. The maximum atomic E-state index is 4.69. The van der Waals surface area contributed by atoms with E-state index >= 15 is 0 Å². The molecule has 0 spiro atoms. The van der Waals surface area contributed by atoms with Gasteiger partial charge in [0, 0.05) is 17.2 Å². The lowest BCUT2D eigenvalue weighted by atomic mass is 10.0. The number of fused-ring (bicyclic) bond motifs is 1. The predicted octanol–water partition coefficient (Wildman–Crippen LogP) is 3.47. The molecule has 0 unspecified atom stereocenters. The molecule has 0 aromatic heterocycles. The van der Waals surface area contributed by atoms with Gasteiger partial charge in [0.2, 0.25) is 0 Å². The number of hydrogen-bond acceptors (Lipinski definition) is 0. The minimum absolute atomic E-state index is 0.738. The van der Waals surface area contributed by atoms with Crippen molar-refractivity contribution < 1.29 is 0 Å². The molecule has 0 saturated heterocycles. The van der Waals surface area contributed by atoms with Crippen molar-refractivity contribution in [3.05, 3.63) is 35.5 Å². The van der Waals surface area contributed by atoms with E-state index in [9.17, 15) is 0 Å². The zero-order valence-corrected chi connectivity index (χ0v) is 8.24. The molecule has 1 heterocycles. The Morgan fingerprint density at radius 2 is 1.86 bits per heavy atom. The molecule has 1 nitrogen and oxygen atoms in total. The molecule has 1 fully saturated rings. The monoisotopic (exact) mass is 184 g/mol. The van der Waals surface area contributed by atoms with E-state index in [2.05, 4.69) is 30.3 Å². The average molecular weight is 184 g/mol. The molecule has 0 N–H and O–H groups in total. The van der Waals surface area contributed by atoms with Crippen LogP contribution < -0.4 is 5.32 Å². The summed E-state index contributed by atoms with van der Waals surface area (Å²) in [7, 11) is 0. The van der Waals surface area contributed by atoms with Crippen LogP contribution in [0.25, 0.3) is 6.08 Å². The molecule has 0 atom stereocenters. The van der Waals surface area contributed by atoms with Crippen LogP contribution in [0.5, 0.6) is 0 Å². The fourth-order valence-electron chi connectivity index (χ4n) is 2.47. The van der Waals surface area contributed by atoms with Crippen molar-refractivity contribution in [1.29, 1.82) is 0 Å². The molecule has 1 aliphatic carbocycles. The second kappa shape index (κ2) is 3.16. The quantitative estimate of drug-likeness (QED) is 0.634. The van der Waals surface area contributed by atoms with Crippen LogP contribution in [0.3, 0.4) is 0 Å². The van der Waals surface area contributed by atoms with Gasteiger partial charge in [-0.25, -0.2) is 0 Å². The van der Waals surface area contributed by atoms with Gasteiger partial charge in [0.05, 0.1) is 5.69 Å². The molecule has 0 amide bonds. The van der Waals surface area contributed by atoms with E-state index in [-0.39, 0.29) is 0 Å². The van der Waals surface area contributed by atoms with Gasteiger partial charge >= 0.3 is 0 Å². The largest absolute Gasteiger partial charge is 0.253 e. The van der Waals surface area contributed by atoms with E-state index in [4.69, 9.17) is 5.32 Å². The first-order valence-electron chi connectivity index (χ1n) is 5.46. The Balaban J connectivity index is 1.87. The Bertz CT molecular complexity index is 373. The molecule has 71 valence electrons. The van der Waals surface area contributed by atoms with Crippen LogP contribution in [-0.4, -0.2) is 0 Å². The molecule has 3 rings (SSSR count). The predicted molar refractivity (Wildman–Crippen MR) is 58.2 cm³/mol. The van der Waals surface area contributed by atoms with Crippen LogP contribution >= 0.6 is 0 Å². The topological polar surface area (TPSA) is 14.1 Å². The summed E-state index contributed by atoms with van der Waals surface area (Å²) < 4.78 is 0. The highest BCUT2D eigenvalue weighted by Crippen LogP contribution is 2.37. The normalized spacial score (nSPS) is 20.4. The van der Waals surface area contributed by atoms with Crippen molar-refractivity contribution in [2.24, 2.45) is 5.92 Å². The van der Waals surface area contributed by atoms with E-state index in [1.165, 1.54) is 36.9 Å². The Labute approximate surface area is 84.8 Å². The first-order chi connectivity index (χ1) is 6.93. The van der Waals surface area contributed by atoms with Gasteiger partial charge < -0.3 is 0 Å². The lowest BCUT2D eigenvalue weighted by Gasteiger charge is -2.08. The van der Waals surface area contributed by atoms with Crippen molar-refractivity contribution in [2.45, 2.75) is 25.7 Å². The highest BCUT2D eigenvalue weighted by molar-refractivity contribution is 5.71. The first-order valence-corrected chi connectivity index (χ1v) is 5.46. The third-order valence-electron chi connectivity index (χ3n) is 3.26. The van der Waals surface area contributed by atoms with E-state index in [0.717, 1.165) is 11.6 Å². The lowest BCUT2D eigenvalue weighted by Crippen LogP contribution is -2.03. The van der Waals surface area contributed by atoms with E-state index in [1.54, 1.807) is 0 Å². The van der Waals surface area contributed by atoms with Gasteiger partial charge in [-0.15, -0.1) is 0 Å². The van der Waals surface area contributed by atoms with Crippen molar-refractivity contribution in [3.8, 4) is 0 Å².